The third-order valence-corrected chi connectivity index (χ3v) is 3.89. The van der Waals surface area contributed by atoms with Crippen LogP contribution in [-0.2, 0) is 12.8 Å². The smallest absolute Gasteiger partial charge is 0.0103 e. The number of aryl methyl sites for hydroxylation is 2. The molecule has 1 heteroatoms. The van der Waals surface area contributed by atoms with E-state index in [1.807, 2.05) is 0 Å². The summed E-state index contributed by atoms with van der Waals surface area (Å²) in [6, 6.07) is 7.04. The molecule has 2 rings (SSSR count). The third-order valence-electron chi connectivity index (χ3n) is 3.89. The Morgan fingerprint density at radius 2 is 2.13 bits per heavy atom. The van der Waals surface area contributed by atoms with Crippen molar-refractivity contribution in [2.75, 3.05) is 0 Å². The Bertz CT molecular complexity index is 370. The van der Waals surface area contributed by atoms with Crippen LogP contribution in [-0.4, -0.2) is 6.04 Å². The molecule has 1 aliphatic carbocycles. The molecule has 0 saturated heterocycles. The Morgan fingerprint density at radius 1 is 1.47 bits per heavy atom. The summed E-state index contributed by atoms with van der Waals surface area (Å²) < 4.78 is 0. The molecule has 1 aliphatic rings. The van der Waals surface area contributed by atoms with E-state index in [2.05, 4.69) is 39.0 Å². The Labute approximate surface area is 92.7 Å². The van der Waals surface area contributed by atoms with Crippen molar-refractivity contribution in [3.8, 4) is 0 Å². The molecule has 1 nitrogen and oxygen atoms in total. The topological polar surface area (TPSA) is 26.0 Å². The molecule has 0 aromatic heterocycles. The molecule has 0 amide bonds. The van der Waals surface area contributed by atoms with E-state index in [1.165, 1.54) is 23.1 Å². The minimum absolute atomic E-state index is 0.371. The van der Waals surface area contributed by atoms with Gasteiger partial charge < -0.3 is 5.73 Å². The maximum absolute atomic E-state index is 5.99. The fraction of sp³-hybridized carbons (Fsp3) is 0.571. The van der Waals surface area contributed by atoms with Crippen LogP contribution in [0.4, 0.5) is 0 Å². The first-order valence-electron chi connectivity index (χ1n) is 5.90. The van der Waals surface area contributed by atoms with Crippen LogP contribution in [0.5, 0.6) is 0 Å². The summed E-state index contributed by atoms with van der Waals surface area (Å²) in [5, 5.41) is 0. The summed E-state index contributed by atoms with van der Waals surface area (Å²) in [5.74, 6) is 0. The maximum Gasteiger partial charge on any atom is 0.0103 e. The summed E-state index contributed by atoms with van der Waals surface area (Å²) >= 11 is 0. The van der Waals surface area contributed by atoms with Crippen molar-refractivity contribution in [3.63, 3.8) is 0 Å². The molecule has 1 fully saturated rings. The number of hydrogen-bond acceptors (Lipinski definition) is 1. The summed E-state index contributed by atoms with van der Waals surface area (Å²) in [6.07, 6.45) is 3.47. The molecule has 0 spiro atoms. The summed E-state index contributed by atoms with van der Waals surface area (Å²) in [7, 11) is 0. The highest BCUT2D eigenvalue weighted by molar-refractivity contribution is 5.36. The number of hydrogen-bond donors (Lipinski definition) is 1. The first-order valence-corrected chi connectivity index (χ1v) is 5.90. The molecule has 0 heterocycles. The van der Waals surface area contributed by atoms with Crippen LogP contribution in [0.3, 0.4) is 0 Å². The van der Waals surface area contributed by atoms with E-state index in [9.17, 15) is 0 Å². The quantitative estimate of drug-likeness (QED) is 0.803. The molecule has 0 aliphatic heterocycles. The number of rotatable bonds is 3. The lowest BCUT2D eigenvalue weighted by Gasteiger charge is -2.16. The highest BCUT2D eigenvalue weighted by Crippen LogP contribution is 2.47. The molecule has 1 aromatic rings. The second-order valence-corrected chi connectivity index (χ2v) is 5.21. The van der Waals surface area contributed by atoms with Crippen molar-refractivity contribution in [2.45, 2.75) is 46.1 Å². The van der Waals surface area contributed by atoms with Gasteiger partial charge in [0.05, 0.1) is 0 Å². The van der Waals surface area contributed by atoms with E-state index in [4.69, 9.17) is 5.73 Å². The monoisotopic (exact) mass is 203 g/mol. The van der Waals surface area contributed by atoms with Crippen molar-refractivity contribution >= 4 is 0 Å². The Morgan fingerprint density at radius 3 is 2.67 bits per heavy atom. The van der Waals surface area contributed by atoms with Gasteiger partial charge in [-0.2, -0.15) is 0 Å². The third kappa shape index (κ3) is 1.93. The van der Waals surface area contributed by atoms with E-state index < -0.39 is 0 Å². The second-order valence-electron chi connectivity index (χ2n) is 5.21. The van der Waals surface area contributed by atoms with Crippen LogP contribution in [0.1, 0.15) is 37.0 Å². The van der Waals surface area contributed by atoms with E-state index in [0.29, 0.717) is 11.5 Å². The van der Waals surface area contributed by atoms with E-state index in [0.717, 1.165) is 12.8 Å². The van der Waals surface area contributed by atoms with E-state index in [1.54, 1.807) is 0 Å². The van der Waals surface area contributed by atoms with Crippen LogP contribution < -0.4 is 5.73 Å². The summed E-state index contributed by atoms with van der Waals surface area (Å²) in [6.45, 7) is 6.75. The zero-order valence-corrected chi connectivity index (χ0v) is 10.0. The predicted octanol–water partition coefficient (Wildman–Crippen LogP) is 2.84. The van der Waals surface area contributed by atoms with Crippen molar-refractivity contribution in [3.05, 3.63) is 34.9 Å². The van der Waals surface area contributed by atoms with Crippen molar-refractivity contribution < 1.29 is 0 Å². The molecule has 1 aromatic carbocycles. The van der Waals surface area contributed by atoms with Gasteiger partial charge >= 0.3 is 0 Å². The molecule has 0 bridgehead atoms. The molecule has 2 N–H and O–H groups in total. The zero-order chi connectivity index (χ0) is 11.1. The first-order chi connectivity index (χ1) is 7.07. The SMILES string of the molecule is CCc1cccc(C)c1C[C@]1(C)CC1N. The van der Waals surface area contributed by atoms with Crippen molar-refractivity contribution in [1.29, 1.82) is 0 Å². The van der Waals surface area contributed by atoms with Gasteiger partial charge in [0, 0.05) is 6.04 Å². The second kappa shape index (κ2) is 3.64. The van der Waals surface area contributed by atoms with Gasteiger partial charge in [-0.1, -0.05) is 32.0 Å². The molecule has 1 saturated carbocycles. The Hall–Kier alpha value is -0.820. The molecular weight excluding hydrogens is 182 g/mol. The largest absolute Gasteiger partial charge is 0.327 e. The van der Waals surface area contributed by atoms with Gasteiger partial charge in [0.25, 0.3) is 0 Å². The van der Waals surface area contributed by atoms with Gasteiger partial charge in [0.1, 0.15) is 0 Å². The standard InChI is InChI=1S/C14H21N/c1-4-11-7-5-6-10(2)12(11)8-14(3)9-13(14)15/h5-7,13H,4,8-9,15H2,1-3H3/t13?,14-/m1/s1. The lowest BCUT2D eigenvalue weighted by atomic mass is 9.90. The van der Waals surface area contributed by atoms with Crippen molar-refractivity contribution in [1.82, 2.24) is 0 Å². The van der Waals surface area contributed by atoms with Gasteiger partial charge in [0.15, 0.2) is 0 Å². The lowest BCUT2D eigenvalue weighted by Crippen LogP contribution is -2.14. The normalized spacial score (nSPS) is 29.2. The van der Waals surface area contributed by atoms with Gasteiger partial charge in [0.2, 0.25) is 0 Å². The van der Waals surface area contributed by atoms with Crippen LogP contribution in [0.25, 0.3) is 0 Å². The number of benzene rings is 1. The van der Waals surface area contributed by atoms with Gasteiger partial charge in [-0.05, 0) is 48.3 Å². The highest BCUT2D eigenvalue weighted by atomic mass is 14.8. The van der Waals surface area contributed by atoms with E-state index >= 15 is 0 Å². The fourth-order valence-corrected chi connectivity index (χ4v) is 2.40. The van der Waals surface area contributed by atoms with Crippen molar-refractivity contribution in [2.24, 2.45) is 11.1 Å². The van der Waals surface area contributed by atoms with Gasteiger partial charge in [-0.15, -0.1) is 0 Å². The highest BCUT2D eigenvalue weighted by Gasteiger charge is 2.47. The molecule has 82 valence electrons. The lowest BCUT2D eigenvalue weighted by molar-refractivity contribution is 0.540. The van der Waals surface area contributed by atoms with E-state index in [-0.39, 0.29) is 0 Å². The molecule has 15 heavy (non-hydrogen) atoms. The average Bonchev–Trinajstić information content (AvgIpc) is 2.78. The van der Waals surface area contributed by atoms with Crippen LogP contribution in [0, 0.1) is 12.3 Å². The fourth-order valence-electron chi connectivity index (χ4n) is 2.40. The molecular formula is C14H21N. The zero-order valence-electron chi connectivity index (χ0n) is 10.0. The summed E-state index contributed by atoms with van der Waals surface area (Å²) in [4.78, 5) is 0. The average molecular weight is 203 g/mol. The molecule has 0 radical (unpaired) electrons. The Kier molecular flexibility index (Phi) is 2.59. The molecule has 1 unspecified atom stereocenters. The van der Waals surface area contributed by atoms with Crippen LogP contribution in [0.2, 0.25) is 0 Å². The van der Waals surface area contributed by atoms with Crippen LogP contribution >= 0.6 is 0 Å². The minimum Gasteiger partial charge on any atom is -0.327 e. The predicted molar refractivity (Wildman–Crippen MR) is 65.0 cm³/mol. The van der Waals surface area contributed by atoms with Gasteiger partial charge in [-0.25, -0.2) is 0 Å². The minimum atomic E-state index is 0.371. The number of nitrogens with two attached hydrogens (primary N) is 1. The molecule has 2 atom stereocenters. The Balaban J connectivity index is 2.27. The van der Waals surface area contributed by atoms with Gasteiger partial charge in [-0.3, -0.25) is 0 Å². The maximum atomic E-state index is 5.99. The summed E-state index contributed by atoms with van der Waals surface area (Å²) in [5.41, 5.74) is 10.8. The first kappa shape index (κ1) is 10.7. The van der Waals surface area contributed by atoms with Crippen LogP contribution in [0.15, 0.2) is 18.2 Å².